The van der Waals surface area contributed by atoms with Gasteiger partial charge in [0.05, 0.1) is 5.75 Å². The van der Waals surface area contributed by atoms with Gasteiger partial charge in [0.1, 0.15) is 5.01 Å². The van der Waals surface area contributed by atoms with Crippen LogP contribution in [0.1, 0.15) is 23.7 Å². The van der Waals surface area contributed by atoms with E-state index in [4.69, 9.17) is 0 Å². The second-order valence-corrected chi connectivity index (χ2v) is 8.04. The predicted molar refractivity (Wildman–Crippen MR) is 92.4 cm³/mol. The standard InChI is InChI=1S/C15H19BrN2S2/c1-11(2)7-17-8-12-9-18-15(20-12)10-19-14-6-4-3-5-13(14)16/h3-6,9,11,17H,7-8,10H2,1-2H3. The van der Waals surface area contributed by atoms with Gasteiger partial charge in [0, 0.05) is 27.0 Å². The van der Waals surface area contributed by atoms with Gasteiger partial charge in [-0.1, -0.05) is 26.0 Å². The van der Waals surface area contributed by atoms with E-state index in [-0.39, 0.29) is 0 Å². The van der Waals surface area contributed by atoms with Crippen molar-refractivity contribution in [2.75, 3.05) is 6.54 Å². The number of hydrogen-bond donors (Lipinski definition) is 1. The van der Waals surface area contributed by atoms with Gasteiger partial charge in [-0.15, -0.1) is 23.1 Å². The third-order valence-electron chi connectivity index (χ3n) is 2.64. The normalized spacial score (nSPS) is 11.2. The average molecular weight is 371 g/mol. The zero-order chi connectivity index (χ0) is 14.4. The third-order valence-corrected chi connectivity index (χ3v) is 5.86. The first-order valence-corrected chi connectivity index (χ1v) is 9.26. The fourth-order valence-electron chi connectivity index (χ4n) is 1.68. The Balaban J connectivity index is 1.82. The van der Waals surface area contributed by atoms with Gasteiger partial charge in [0.25, 0.3) is 0 Å². The van der Waals surface area contributed by atoms with Gasteiger partial charge in [-0.3, -0.25) is 0 Å². The minimum absolute atomic E-state index is 0.688. The highest BCUT2D eigenvalue weighted by Gasteiger charge is 2.05. The SMILES string of the molecule is CC(C)CNCc1cnc(CSc2ccccc2Br)s1. The number of nitrogens with zero attached hydrogens (tertiary/aromatic N) is 1. The molecule has 0 spiro atoms. The van der Waals surface area contributed by atoms with Gasteiger partial charge in [-0.05, 0) is 40.5 Å². The summed E-state index contributed by atoms with van der Waals surface area (Å²) in [6, 6.07) is 8.31. The van der Waals surface area contributed by atoms with Crippen LogP contribution in [-0.4, -0.2) is 11.5 Å². The van der Waals surface area contributed by atoms with Crippen molar-refractivity contribution in [2.45, 2.75) is 31.0 Å². The zero-order valence-electron chi connectivity index (χ0n) is 11.7. The highest BCUT2D eigenvalue weighted by atomic mass is 79.9. The molecule has 0 saturated carbocycles. The molecule has 0 unspecified atom stereocenters. The summed E-state index contributed by atoms with van der Waals surface area (Å²) in [6.45, 7) is 6.42. The lowest BCUT2D eigenvalue weighted by Gasteiger charge is -2.04. The number of halogens is 1. The molecule has 2 nitrogen and oxygen atoms in total. The Bertz CT molecular complexity index is 540. The van der Waals surface area contributed by atoms with E-state index in [1.54, 1.807) is 11.3 Å². The van der Waals surface area contributed by atoms with E-state index in [1.165, 1.54) is 14.8 Å². The summed E-state index contributed by atoms with van der Waals surface area (Å²) in [4.78, 5) is 7.08. The van der Waals surface area contributed by atoms with Gasteiger partial charge < -0.3 is 5.32 Å². The summed E-state index contributed by atoms with van der Waals surface area (Å²) in [7, 11) is 0. The summed E-state index contributed by atoms with van der Waals surface area (Å²) in [5.41, 5.74) is 0. The van der Waals surface area contributed by atoms with Crippen LogP contribution in [0.25, 0.3) is 0 Å². The topological polar surface area (TPSA) is 24.9 Å². The number of aromatic nitrogens is 1. The van der Waals surface area contributed by atoms with Crippen LogP contribution in [-0.2, 0) is 12.3 Å². The van der Waals surface area contributed by atoms with Gasteiger partial charge in [-0.25, -0.2) is 4.98 Å². The Labute approximate surface area is 137 Å². The van der Waals surface area contributed by atoms with Crippen molar-refractivity contribution in [1.29, 1.82) is 0 Å². The largest absolute Gasteiger partial charge is 0.312 e. The molecule has 0 amide bonds. The van der Waals surface area contributed by atoms with E-state index in [9.17, 15) is 0 Å². The molecule has 0 saturated heterocycles. The summed E-state index contributed by atoms with van der Waals surface area (Å²) in [5, 5.41) is 4.64. The Morgan fingerprint density at radius 2 is 2.15 bits per heavy atom. The maximum absolute atomic E-state index is 4.50. The molecule has 0 fully saturated rings. The molecule has 1 heterocycles. The van der Waals surface area contributed by atoms with E-state index in [0.717, 1.165) is 23.3 Å². The maximum atomic E-state index is 4.50. The molecule has 0 radical (unpaired) electrons. The molecular formula is C15H19BrN2S2. The Kier molecular flexibility index (Phi) is 6.55. The van der Waals surface area contributed by atoms with E-state index in [0.29, 0.717) is 5.92 Å². The molecule has 0 aliphatic rings. The van der Waals surface area contributed by atoms with Crippen LogP contribution >= 0.6 is 39.0 Å². The predicted octanol–water partition coefficient (Wildman–Crippen LogP) is 4.94. The van der Waals surface area contributed by atoms with Crippen LogP contribution < -0.4 is 5.32 Å². The monoisotopic (exact) mass is 370 g/mol. The van der Waals surface area contributed by atoms with E-state index < -0.39 is 0 Å². The number of hydrogen-bond acceptors (Lipinski definition) is 4. The average Bonchev–Trinajstić information content (AvgIpc) is 2.85. The summed E-state index contributed by atoms with van der Waals surface area (Å²) in [6.07, 6.45) is 1.99. The molecule has 20 heavy (non-hydrogen) atoms. The Morgan fingerprint density at radius 1 is 1.35 bits per heavy atom. The number of rotatable bonds is 7. The van der Waals surface area contributed by atoms with Gasteiger partial charge in [0.2, 0.25) is 0 Å². The van der Waals surface area contributed by atoms with Gasteiger partial charge >= 0.3 is 0 Å². The number of thioether (sulfide) groups is 1. The van der Waals surface area contributed by atoms with Crippen LogP contribution in [0.15, 0.2) is 39.8 Å². The first kappa shape index (κ1) is 16.0. The van der Waals surface area contributed by atoms with Crippen molar-refractivity contribution < 1.29 is 0 Å². The number of benzene rings is 1. The van der Waals surface area contributed by atoms with Crippen molar-refractivity contribution in [2.24, 2.45) is 5.92 Å². The van der Waals surface area contributed by atoms with Crippen LogP contribution in [0.2, 0.25) is 0 Å². The van der Waals surface area contributed by atoms with E-state index >= 15 is 0 Å². The van der Waals surface area contributed by atoms with Crippen LogP contribution in [0.5, 0.6) is 0 Å². The minimum Gasteiger partial charge on any atom is -0.312 e. The molecule has 1 N–H and O–H groups in total. The molecule has 2 aromatic rings. The lowest BCUT2D eigenvalue weighted by molar-refractivity contribution is 0.554. The molecule has 1 aromatic carbocycles. The van der Waals surface area contributed by atoms with Crippen molar-refractivity contribution in [3.8, 4) is 0 Å². The molecule has 0 aliphatic heterocycles. The molecule has 5 heteroatoms. The molecule has 1 aromatic heterocycles. The zero-order valence-corrected chi connectivity index (χ0v) is 14.9. The van der Waals surface area contributed by atoms with Crippen molar-refractivity contribution in [1.82, 2.24) is 10.3 Å². The summed E-state index contributed by atoms with van der Waals surface area (Å²) >= 11 is 7.20. The summed E-state index contributed by atoms with van der Waals surface area (Å²) in [5.74, 6) is 1.62. The molecule has 0 atom stereocenters. The number of nitrogens with one attached hydrogen (secondary N) is 1. The van der Waals surface area contributed by atoms with Crippen LogP contribution in [0.3, 0.4) is 0 Å². The molecule has 0 aliphatic carbocycles. The first-order valence-electron chi connectivity index (χ1n) is 6.67. The van der Waals surface area contributed by atoms with Crippen LogP contribution in [0.4, 0.5) is 0 Å². The Hall–Kier alpha value is -0.360. The van der Waals surface area contributed by atoms with E-state index in [1.807, 2.05) is 24.0 Å². The Morgan fingerprint density at radius 3 is 2.90 bits per heavy atom. The fraction of sp³-hybridized carbons (Fsp3) is 0.400. The second kappa shape index (κ2) is 8.17. The number of thiazole rings is 1. The summed E-state index contributed by atoms with van der Waals surface area (Å²) < 4.78 is 1.15. The minimum atomic E-state index is 0.688. The maximum Gasteiger partial charge on any atom is 0.103 e. The van der Waals surface area contributed by atoms with Gasteiger partial charge in [-0.2, -0.15) is 0 Å². The molecule has 108 valence electrons. The van der Waals surface area contributed by atoms with Crippen molar-refractivity contribution in [3.63, 3.8) is 0 Å². The fourth-order valence-corrected chi connectivity index (χ4v) is 4.14. The molecular weight excluding hydrogens is 352 g/mol. The lowest BCUT2D eigenvalue weighted by atomic mass is 10.2. The van der Waals surface area contributed by atoms with Crippen LogP contribution in [0, 0.1) is 5.92 Å². The third kappa shape index (κ3) is 5.20. The quantitative estimate of drug-likeness (QED) is 0.698. The van der Waals surface area contributed by atoms with E-state index in [2.05, 4.69) is 58.3 Å². The van der Waals surface area contributed by atoms with Gasteiger partial charge in [0.15, 0.2) is 0 Å². The highest BCUT2D eigenvalue weighted by Crippen LogP contribution is 2.30. The molecule has 0 bridgehead atoms. The highest BCUT2D eigenvalue weighted by molar-refractivity contribution is 9.10. The smallest absolute Gasteiger partial charge is 0.103 e. The van der Waals surface area contributed by atoms with Crippen molar-refractivity contribution in [3.05, 3.63) is 44.8 Å². The lowest BCUT2D eigenvalue weighted by Crippen LogP contribution is -2.18. The molecule has 2 rings (SSSR count). The van der Waals surface area contributed by atoms with Crippen molar-refractivity contribution >= 4 is 39.0 Å². The second-order valence-electron chi connectivity index (χ2n) is 4.96. The first-order chi connectivity index (χ1) is 9.65.